The zero-order chi connectivity index (χ0) is 35.3. The lowest BCUT2D eigenvalue weighted by Crippen LogP contribution is -2.10. The van der Waals surface area contributed by atoms with Crippen molar-refractivity contribution >= 4 is 99.1 Å². The smallest absolute Gasteiger partial charge is 0.296 e. The quantitative estimate of drug-likeness (QED) is 0.0588. The lowest BCUT2D eigenvalue weighted by molar-refractivity contribution is 0.322. The van der Waals surface area contributed by atoms with Gasteiger partial charge in [0.1, 0.15) is 15.5 Å². The van der Waals surface area contributed by atoms with Gasteiger partial charge < -0.3 is 38.0 Å². The summed E-state index contributed by atoms with van der Waals surface area (Å²) >= 11 is 7.44. The third-order valence-electron chi connectivity index (χ3n) is 5.73. The second kappa shape index (κ2) is 14.9. The van der Waals surface area contributed by atoms with E-state index < -0.39 is 56.5 Å². The molecular weight excluding hydrogens is 728 g/mol. The minimum absolute atomic E-state index is 0.0570. The number of aromatic nitrogens is 3. The van der Waals surface area contributed by atoms with Gasteiger partial charge in [-0.3, -0.25) is 13.7 Å². The van der Waals surface area contributed by atoms with Crippen LogP contribution in [0.5, 0.6) is 5.75 Å². The molecule has 0 atom stereocenters. The first-order valence-electron chi connectivity index (χ1n) is 12.5. The molecule has 24 heteroatoms. The minimum Gasteiger partial charge on any atom is -0.507 e. The Morgan fingerprint density at radius 3 is 2.02 bits per heavy atom. The monoisotopic (exact) mass is 754 g/mol. The summed E-state index contributed by atoms with van der Waals surface area (Å²) in [5.74, 6) is 1.08. The third-order valence-corrected chi connectivity index (χ3v) is 9.50. The van der Waals surface area contributed by atoms with Crippen LogP contribution in [0.4, 0.5) is 34.6 Å². The molecule has 0 saturated carbocycles. The molecule has 0 unspecified atom stereocenters. The molecule has 3 aromatic carbocycles. The molecule has 47 heavy (non-hydrogen) atoms. The van der Waals surface area contributed by atoms with Crippen LogP contribution in [0.2, 0.25) is 5.28 Å². The molecule has 1 aromatic heterocycles. The number of aliphatic hydroxyl groups is 1. The van der Waals surface area contributed by atoms with E-state index in [1.165, 1.54) is 12.1 Å². The summed E-state index contributed by atoms with van der Waals surface area (Å²) in [6, 6.07) is 6.44. The first-order valence-corrected chi connectivity index (χ1v) is 18.4. The van der Waals surface area contributed by atoms with Crippen LogP contribution in [0.1, 0.15) is 0 Å². The highest BCUT2D eigenvalue weighted by atomic mass is 35.5. The molecule has 0 aliphatic rings. The first-order chi connectivity index (χ1) is 21.7. The van der Waals surface area contributed by atoms with E-state index in [0.29, 0.717) is 18.0 Å². The summed E-state index contributed by atoms with van der Waals surface area (Å²) in [5, 5.41) is 24.0. The van der Waals surface area contributed by atoms with Crippen molar-refractivity contribution in [2.75, 3.05) is 52.5 Å². The van der Waals surface area contributed by atoms with Crippen LogP contribution in [0.15, 0.2) is 51.1 Å². The molecule has 13 N–H and O–H groups in total. The van der Waals surface area contributed by atoms with E-state index >= 15 is 0 Å². The number of halogens is 1. The van der Waals surface area contributed by atoms with Gasteiger partial charge in [-0.2, -0.15) is 52.0 Å². The van der Waals surface area contributed by atoms with E-state index in [9.17, 15) is 34.9 Å². The number of nitrogen functional groups attached to an aromatic ring is 3. The molecule has 0 bridgehead atoms. The summed E-state index contributed by atoms with van der Waals surface area (Å²) in [6.45, 7) is 0.669. The zero-order valence-corrected chi connectivity index (χ0v) is 27.6. The number of phenolic OH excluding ortho intramolecular Hbond substituents is 1. The van der Waals surface area contributed by atoms with Crippen LogP contribution < -0.4 is 27.8 Å². The van der Waals surface area contributed by atoms with Gasteiger partial charge in [-0.1, -0.05) is 0 Å². The maximum Gasteiger partial charge on any atom is 0.296 e. The Kier molecular flexibility index (Phi) is 11.9. The van der Waals surface area contributed by atoms with Crippen LogP contribution in [0, 0.1) is 0 Å². The maximum absolute atomic E-state index is 11.3. The number of nitrogens with zero attached hydrogens (tertiary/aromatic N) is 3. The summed E-state index contributed by atoms with van der Waals surface area (Å²) in [4.78, 5) is 10.1. The Morgan fingerprint density at radius 1 is 0.787 bits per heavy atom. The number of aliphatic hydroxyl groups excluding tert-OH is 1. The van der Waals surface area contributed by atoms with E-state index in [1.807, 2.05) is 0 Å². The molecule has 0 fully saturated rings. The van der Waals surface area contributed by atoms with Gasteiger partial charge in [0.2, 0.25) is 17.2 Å². The van der Waals surface area contributed by atoms with Gasteiger partial charge in [0.15, 0.2) is 0 Å². The Bertz CT molecular complexity index is 2140. The standard InChI is InChI=1S/C13H17ClN6O4S2.C10H10N2O7S2/c14-11-18-12(16-3-5-25-6-4-21)20-13(19-11)17-8-1-2-9(15)10(7-8)26(22,23)24;11-9-7(21(17,18)19)2-4-1-5(20(14,15)16)3-6(13)8(4)10(9)12/h1-2,7,21H,3-6,15H2,(H,22,23,24)(H2,16,17,18,19,20);1-3,13H,11-12H2,(H,14,15,16)(H,17,18,19). The number of benzene rings is 3. The van der Waals surface area contributed by atoms with Crippen molar-refractivity contribution in [2.24, 2.45) is 0 Å². The second-order valence-electron chi connectivity index (χ2n) is 9.06. The fourth-order valence-electron chi connectivity index (χ4n) is 3.73. The Morgan fingerprint density at radius 2 is 1.43 bits per heavy atom. The average molecular weight is 755 g/mol. The molecule has 0 spiro atoms. The fourth-order valence-corrected chi connectivity index (χ4v) is 6.31. The largest absolute Gasteiger partial charge is 0.507 e. The van der Waals surface area contributed by atoms with Crippen LogP contribution in [0.25, 0.3) is 10.8 Å². The Hall–Kier alpha value is -3.94. The molecular formula is C23H27ClN8O11S4. The van der Waals surface area contributed by atoms with Gasteiger partial charge in [0.05, 0.1) is 28.6 Å². The number of nitrogens with two attached hydrogens (primary N) is 3. The summed E-state index contributed by atoms with van der Waals surface area (Å²) in [6.07, 6.45) is 0. The van der Waals surface area contributed by atoms with Gasteiger partial charge in [-0.25, -0.2) is 0 Å². The number of fused-ring (bicyclic) bond motifs is 1. The van der Waals surface area contributed by atoms with E-state index in [4.69, 9.17) is 43.0 Å². The highest BCUT2D eigenvalue weighted by Crippen LogP contribution is 2.39. The lowest BCUT2D eigenvalue weighted by Gasteiger charge is -2.12. The van der Waals surface area contributed by atoms with Crippen molar-refractivity contribution in [3.63, 3.8) is 0 Å². The number of anilines is 6. The predicted octanol–water partition coefficient (Wildman–Crippen LogP) is 1.44. The van der Waals surface area contributed by atoms with Crippen molar-refractivity contribution in [1.82, 2.24) is 15.0 Å². The number of thioether (sulfide) groups is 1. The number of aromatic hydroxyl groups is 1. The van der Waals surface area contributed by atoms with Gasteiger partial charge in [0, 0.05) is 35.2 Å². The van der Waals surface area contributed by atoms with E-state index in [0.717, 1.165) is 30.0 Å². The molecule has 1 heterocycles. The Balaban J connectivity index is 0.000000261. The molecule has 0 aliphatic carbocycles. The molecule has 0 amide bonds. The molecule has 4 aromatic rings. The normalized spacial score (nSPS) is 11.9. The summed E-state index contributed by atoms with van der Waals surface area (Å²) in [7, 11) is -13.8. The molecule has 0 radical (unpaired) electrons. The lowest BCUT2D eigenvalue weighted by atomic mass is 10.1. The summed E-state index contributed by atoms with van der Waals surface area (Å²) in [5.41, 5.74) is 16.0. The zero-order valence-electron chi connectivity index (χ0n) is 23.6. The van der Waals surface area contributed by atoms with Crippen LogP contribution in [-0.2, 0) is 30.4 Å². The highest BCUT2D eigenvalue weighted by molar-refractivity contribution is 7.99. The SMILES string of the molecule is Nc1c(S(=O)(=O)O)cc2cc(S(=O)(=O)O)cc(O)c2c1N.Nc1ccc(Nc2nc(Cl)nc(NCCSCCO)n2)cc1S(=O)(=O)O. The maximum atomic E-state index is 11.3. The fraction of sp³-hybridized carbons (Fsp3) is 0.174. The van der Waals surface area contributed by atoms with Gasteiger partial charge in [-0.05, 0) is 47.3 Å². The number of rotatable bonds is 11. The van der Waals surface area contributed by atoms with Crippen LogP contribution in [-0.4, -0.2) is 88.7 Å². The third kappa shape index (κ3) is 10.0. The molecule has 0 saturated heterocycles. The average Bonchev–Trinajstić information content (AvgIpc) is 2.94. The molecule has 4 rings (SSSR count). The van der Waals surface area contributed by atoms with Crippen LogP contribution >= 0.6 is 23.4 Å². The van der Waals surface area contributed by atoms with Crippen molar-refractivity contribution in [3.8, 4) is 5.75 Å². The van der Waals surface area contributed by atoms with E-state index in [2.05, 4.69) is 25.6 Å². The van der Waals surface area contributed by atoms with Crippen molar-refractivity contribution in [2.45, 2.75) is 14.7 Å². The van der Waals surface area contributed by atoms with E-state index in [-0.39, 0.29) is 45.9 Å². The van der Waals surface area contributed by atoms with Gasteiger partial charge in [0.25, 0.3) is 30.4 Å². The van der Waals surface area contributed by atoms with Crippen molar-refractivity contribution in [1.29, 1.82) is 0 Å². The van der Waals surface area contributed by atoms with Gasteiger partial charge >= 0.3 is 0 Å². The van der Waals surface area contributed by atoms with E-state index in [1.54, 1.807) is 11.8 Å². The highest BCUT2D eigenvalue weighted by Gasteiger charge is 2.22. The Labute approximate surface area is 276 Å². The molecule has 0 aliphatic heterocycles. The van der Waals surface area contributed by atoms with Crippen molar-refractivity contribution in [3.05, 3.63) is 41.7 Å². The number of hydrogen-bond donors (Lipinski definition) is 10. The number of phenols is 1. The van der Waals surface area contributed by atoms with Crippen molar-refractivity contribution < 1.29 is 49.1 Å². The summed E-state index contributed by atoms with van der Waals surface area (Å²) < 4.78 is 94.4. The van der Waals surface area contributed by atoms with Gasteiger partial charge in [-0.15, -0.1) is 0 Å². The topological polar surface area (TPSA) is 344 Å². The first kappa shape index (κ1) is 37.5. The van der Waals surface area contributed by atoms with Crippen LogP contribution in [0.3, 0.4) is 0 Å². The second-order valence-corrected chi connectivity index (χ2v) is 14.8. The number of nitrogens with one attached hydrogen (secondary N) is 2. The minimum atomic E-state index is -4.71. The number of hydrogen-bond acceptors (Lipinski definition) is 17. The predicted molar refractivity (Wildman–Crippen MR) is 176 cm³/mol. The molecule has 19 nitrogen and oxygen atoms in total. The molecule has 256 valence electrons.